The zero-order chi connectivity index (χ0) is 18.6. The van der Waals surface area contributed by atoms with Crippen molar-refractivity contribution in [1.82, 2.24) is 0 Å². The van der Waals surface area contributed by atoms with Crippen molar-refractivity contribution in [3.63, 3.8) is 0 Å². The van der Waals surface area contributed by atoms with Gasteiger partial charge in [-0.05, 0) is 0 Å². The fourth-order valence-electron chi connectivity index (χ4n) is 3.86. The van der Waals surface area contributed by atoms with E-state index in [4.69, 9.17) is 0 Å². The molecule has 2 heteroatoms. The molecule has 0 N–H and O–H groups in total. The van der Waals surface area contributed by atoms with Crippen molar-refractivity contribution in [2.75, 3.05) is 0 Å². The molecule has 4 aromatic rings. The molecule has 0 aliphatic carbocycles. The molecule has 0 atom stereocenters. The quantitative estimate of drug-likeness (QED) is 0.338. The zero-order valence-electron chi connectivity index (χ0n) is 15.1. The van der Waals surface area contributed by atoms with Crippen LogP contribution in [-0.4, -0.2) is 0 Å². The summed E-state index contributed by atoms with van der Waals surface area (Å²) >= 11 is 4.48. The fourth-order valence-corrected chi connectivity index (χ4v) is 11.6. The van der Waals surface area contributed by atoms with Gasteiger partial charge in [0, 0.05) is 0 Å². The number of hydrogen-bond donors (Lipinski definition) is 0. The third-order valence-corrected chi connectivity index (χ3v) is 14.7. The summed E-state index contributed by atoms with van der Waals surface area (Å²) < 4.78 is 0. The van der Waals surface area contributed by atoms with Crippen molar-refractivity contribution in [3.8, 4) is 0 Å². The average Bonchev–Trinajstić information content (AvgIpc) is 2.76. The molecular formula is C25H22BrP. The monoisotopic (exact) mass is 432 g/mol. The van der Waals surface area contributed by atoms with Crippen LogP contribution in [0.3, 0.4) is 0 Å². The van der Waals surface area contributed by atoms with Gasteiger partial charge in [-0.25, -0.2) is 0 Å². The summed E-state index contributed by atoms with van der Waals surface area (Å²) in [5, 5.41) is 1.19. The van der Waals surface area contributed by atoms with E-state index >= 15 is 0 Å². The summed E-state index contributed by atoms with van der Waals surface area (Å²) in [6.07, 6.45) is 0.935. The van der Waals surface area contributed by atoms with Crippen molar-refractivity contribution >= 4 is 36.7 Å². The summed E-state index contributed by atoms with van der Waals surface area (Å²) in [6, 6.07) is 43.6. The number of halogens is 1. The minimum atomic E-state index is -2.87. The molecule has 0 fully saturated rings. The normalized spacial score (nSPS) is 12.9. The first-order chi connectivity index (χ1) is 13.2. The Labute approximate surface area is 169 Å². The van der Waals surface area contributed by atoms with Crippen LogP contribution >= 0.6 is 20.8 Å². The van der Waals surface area contributed by atoms with E-state index in [1.807, 2.05) is 0 Å². The van der Waals surface area contributed by atoms with Crippen LogP contribution in [0.15, 0.2) is 121 Å². The molecule has 0 bridgehead atoms. The van der Waals surface area contributed by atoms with E-state index in [-0.39, 0.29) is 0 Å². The third-order valence-electron chi connectivity index (χ3n) is 5.21. The molecule has 0 saturated heterocycles. The zero-order valence-corrected chi connectivity index (χ0v) is 17.6. The van der Waals surface area contributed by atoms with Gasteiger partial charge in [0.2, 0.25) is 0 Å². The Balaban J connectivity index is 2.09. The molecule has 0 amide bonds. The Morgan fingerprint density at radius 3 is 1.07 bits per heavy atom. The first kappa shape index (κ1) is 18.2. The summed E-state index contributed by atoms with van der Waals surface area (Å²) in [6.45, 7) is 0. The van der Waals surface area contributed by atoms with Crippen LogP contribution in [0.2, 0.25) is 0 Å². The summed E-state index contributed by atoms with van der Waals surface area (Å²) in [4.78, 5) is 0. The SMILES string of the molecule is BrP(Cc1ccccc1)(c1ccccc1)(c1ccccc1)c1ccccc1. The molecule has 0 radical (unpaired) electrons. The Morgan fingerprint density at radius 2 is 0.741 bits per heavy atom. The number of rotatable bonds is 5. The average molecular weight is 433 g/mol. The predicted octanol–water partition coefficient (Wildman–Crippen LogP) is 6.03. The number of hydrogen-bond acceptors (Lipinski definition) is 0. The van der Waals surface area contributed by atoms with Crippen molar-refractivity contribution in [1.29, 1.82) is 0 Å². The minimum absolute atomic E-state index is 0.935. The molecule has 134 valence electrons. The van der Waals surface area contributed by atoms with E-state index < -0.39 is 5.31 Å². The van der Waals surface area contributed by atoms with Gasteiger partial charge in [0.25, 0.3) is 0 Å². The van der Waals surface area contributed by atoms with E-state index in [2.05, 4.69) is 137 Å². The van der Waals surface area contributed by atoms with E-state index in [0.717, 1.165) is 6.16 Å². The van der Waals surface area contributed by atoms with Crippen LogP contribution in [0.25, 0.3) is 0 Å². The van der Waals surface area contributed by atoms with Crippen molar-refractivity contribution in [3.05, 3.63) is 127 Å². The Kier molecular flexibility index (Phi) is 5.00. The first-order valence-corrected chi connectivity index (χ1v) is 13.6. The molecule has 0 saturated carbocycles. The van der Waals surface area contributed by atoms with Crippen molar-refractivity contribution in [2.45, 2.75) is 6.16 Å². The molecule has 0 aromatic heterocycles. The van der Waals surface area contributed by atoms with Gasteiger partial charge in [0.15, 0.2) is 0 Å². The van der Waals surface area contributed by atoms with Crippen LogP contribution < -0.4 is 15.9 Å². The van der Waals surface area contributed by atoms with Crippen LogP contribution in [-0.2, 0) is 6.16 Å². The van der Waals surface area contributed by atoms with Crippen LogP contribution in [0.4, 0.5) is 0 Å². The van der Waals surface area contributed by atoms with E-state index in [1.54, 1.807) is 0 Å². The maximum atomic E-state index is 4.48. The standard InChI is InChI=1S/C25H22BrP/c26-27(23-15-7-2-8-16-23,24-17-9-3-10-18-24,25-19-11-4-12-20-25)21-22-13-5-1-6-14-22/h1-20H,21H2. The summed E-state index contributed by atoms with van der Waals surface area (Å²) in [5.74, 6) is 0. The van der Waals surface area contributed by atoms with Gasteiger partial charge in [0.1, 0.15) is 0 Å². The van der Waals surface area contributed by atoms with Gasteiger partial charge in [-0.3, -0.25) is 0 Å². The van der Waals surface area contributed by atoms with Gasteiger partial charge >= 0.3 is 170 Å². The maximum absolute atomic E-state index is 4.48. The van der Waals surface area contributed by atoms with Crippen LogP contribution in [0.5, 0.6) is 0 Å². The second kappa shape index (κ2) is 7.43. The van der Waals surface area contributed by atoms with Gasteiger partial charge in [-0.2, -0.15) is 0 Å². The van der Waals surface area contributed by atoms with Gasteiger partial charge in [-0.15, -0.1) is 0 Å². The van der Waals surface area contributed by atoms with Crippen LogP contribution in [0.1, 0.15) is 5.56 Å². The van der Waals surface area contributed by atoms with Crippen molar-refractivity contribution in [2.24, 2.45) is 0 Å². The fraction of sp³-hybridized carbons (Fsp3) is 0.0400. The predicted molar refractivity (Wildman–Crippen MR) is 124 cm³/mol. The second-order valence-electron chi connectivity index (χ2n) is 6.83. The van der Waals surface area contributed by atoms with Crippen molar-refractivity contribution < 1.29 is 0 Å². The second-order valence-corrected chi connectivity index (χ2v) is 15.8. The van der Waals surface area contributed by atoms with Gasteiger partial charge in [-0.1, -0.05) is 0 Å². The molecule has 4 rings (SSSR count). The Hall–Kier alpha value is -2.21. The topological polar surface area (TPSA) is 0 Å². The van der Waals surface area contributed by atoms with E-state index in [0.29, 0.717) is 0 Å². The summed E-state index contributed by atoms with van der Waals surface area (Å²) in [5.41, 5.74) is 1.34. The molecule has 0 heterocycles. The molecule has 0 aliphatic heterocycles. The Morgan fingerprint density at radius 1 is 0.444 bits per heavy atom. The summed E-state index contributed by atoms with van der Waals surface area (Å²) in [7, 11) is 0. The molecule has 0 aliphatic rings. The third kappa shape index (κ3) is 3.16. The Bertz CT molecular complexity index is 900. The van der Waals surface area contributed by atoms with Gasteiger partial charge < -0.3 is 0 Å². The molecule has 0 unspecified atom stereocenters. The first-order valence-electron chi connectivity index (χ1n) is 9.15. The molecule has 4 aromatic carbocycles. The van der Waals surface area contributed by atoms with Crippen LogP contribution in [0, 0.1) is 0 Å². The number of benzene rings is 4. The van der Waals surface area contributed by atoms with E-state index in [9.17, 15) is 0 Å². The molecule has 27 heavy (non-hydrogen) atoms. The van der Waals surface area contributed by atoms with Gasteiger partial charge in [0.05, 0.1) is 0 Å². The molecule has 0 nitrogen and oxygen atoms in total. The molecule has 0 spiro atoms. The van der Waals surface area contributed by atoms with E-state index in [1.165, 1.54) is 21.5 Å². The molecular weight excluding hydrogens is 411 g/mol.